The highest BCUT2D eigenvalue weighted by Gasteiger charge is 2.46. The van der Waals surface area contributed by atoms with Gasteiger partial charge >= 0.3 is 6.03 Å². The first-order valence-electron chi connectivity index (χ1n) is 10.8. The van der Waals surface area contributed by atoms with Gasteiger partial charge in [-0.3, -0.25) is 14.8 Å². The number of benzene rings is 2. The van der Waals surface area contributed by atoms with Crippen molar-refractivity contribution in [3.05, 3.63) is 54.4 Å². The molecular weight excluding hydrogens is 434 g/mol. The number of nitrogens with zero attached hydrogens (tertiary/aromatic N) is 3. The highest BCUT2D eigenvalue weighted by Crippen LogP contribution is 2.32. The Balaban J connectivity index is 1.54. The molecule has 0 saturated carbocycles. The number of imide groups is 1. The molecular formula is C25H23N5O4. The fourth-order valence-corrected chi connectivity index (χ4v) is 4.18. The summed E-state index contributed by atoms with van der Waals surface area (Å²) in [5.41, 5.74) is 0.113. The molecule has 3 N–H and O–H groups in total. The van der Waals surface area contributed by atoms with Crippen LogP contribution in [0.1, 0.15) is 25.5 Å². The third kappa shape index (κ3) is 3.49. The summed E-state index contributed by atoms with van der Waals surface area (Å²) >= 11 is 0. The summed E-state index contributed by atoms with van der Waals surface area (Å²) < 4.78 is 8.66. The van der Waals surface area contributed by atoms with Gasteiger partial charge in [0.2, 0.25) is 5.54 Å². The molecule has 1 saturated heterocycles. The summed E-state index contributed by atoms with van der Waals surface area (Å²) in [5.74, 6) is 5.94. The third-order valence-corrected chi connectivity index (χ3v) is 5.92. The zero-order valence-corrected chi connectivity index (χ0v) is 18.9. The maximum absolute atomic E-state index is 12.8. The van der Waals surface area contributed by atoms with E-state index in [-0.39, 0.29) is 18.5 Å². The number of fused-ring (bicyclic) bond motifs is 2. The SMILES string of the molecule is COc1ccc2cn(C[C@@]3(C#Cc4ccc5c(cnn5C(C)C)c4)NC(=O)NC3=O)c(O)c2c1. The van der Waals surface area contributed by atoms with Crippen LogP contribution in [0.3, 0.4) is 0 Å². The van der Waals surface area contributed by atoms with Gasteiger partial charge in [0, 0.05) is 34.0 Å². The zero-order chi connectivity index (χ0) is 24.0. The van der Waals surface area contributed by atoms with E-state index in [4.69, 9.17) is 4.74 Å². The Morgan fingerprint density at radius 2 is 2.00 bits per heavy atom. The lowest BCUT2D eigenvalue weighted by molar-refractivity contribution is -0.122. The molecule has 4 aromatic rings. The molecule has 3 heterocycles. The molecule has 1 fully saturated rings. The largest absolute Gasteiger partial charge is 0.497 e. The van der Waals surface area contributed by atoms with E-state index >= 15 is 0 Å². The summed E-state index contributed by atoms with van der Waals surface area (Å²) in [4.78, 5) is 24.9. The third-order valence-electron chi connectivity index (χ3n) is 5.92. The Bertz CT molecular complexity index is 1520. The molecule has 9 heteroatoms. The molecule has 2 aromatic heterocycles. The van der Waals surface area contributed by atoms with Crippen LogP contribution in [-0.2, 0) is 11.3 Å². The highest BCUT2D eigenvalue weighted by atomic mass is 16.5. The van der Waals surface area contributed by atoms with E-state index < -0.39 is 17.5 Å². The van der Waals surface area contributed by atoms with Crippen LogP contribution in [0.25, 0.3) is 21.7 Å². The number of ether oxygens (including phenoxy) is 1. The van der Waals surface area contributed by atoms with Crippen LogP contribution < -0.4 is 15.4 Å². The first-order chi connectivity index (χ1) is 16.3. The van der Waals surface area contributed by atoms with Crippen molar-refractivity contribution in [3.63, 3.8) is 0 Å². The first-order valence-corrected chi connectivity index (χ1v) is 10.8. The molecule has 5 rings (SSSR count). The van der Waals surface area contributed by atoms with E-state index in [1.807, 2.05) is 28.9 Å². The topological polar surface area (TPSA) is 110 Å². The molecule has 9 nitrogen and oxygen atoms in total. The van der Waals surface area contributed by atoms with Crippen molar-refractivity contribution in [3.8, 4) is 23.5 Å². The molecule has 2 aromatic carbocycles. The summed E-state index contributed by atoms with van der Waals surface area (Å²) in [7, 11) is 1.55. The number of carbonyl (C=O) groups is 2. The molecule has 1 aliphatic rings. The Morgan fingerprint density at radius 3 is 2.71 bits per heavy atom. The van der Waals surface area contributed by atoms with Crippen LogP contribution in [0.4, 0.5) is 4.79 Å². The lowest BCUT2D eigenvalue weighted by Crippen LogP contribution is -2.49. The zero-order valence-electron chi connectivity index (χ0n) is 18.9. The number of methoxy groups -OCH3 is 1. The molecule has 1 atom stereocenters. The molecule has 172 valence electrons. The van der Waals surface area contributed by atoms with Crippen molar-refractivity contribution < 1.29 is 19.4 Å². The van der Waals surface area contributed by atoms with Crippen molar-refractivity contribution in [2.24, 2.45) is 0 Å². The van der Waals surface area contributed by atoms with Gasteiger partial charge in [0.15, 0.2) is 5.88 Å². The minimum atomic E-state index is -1.55. The van der Waals surface area contributed by atoms with Crippen molar-refractivity contribution in [1.82, 2.24) is 25.0 Å². The van der Waals surface area contributed by atoms with Gasteiger partial charge < -0.3 is 19.7 Å². The van der Waals surface area contributed by atoms with Gasteiger partial charge in [0.1, 0.15) is 5.75 Å². The summed E-state index contributed by atoms with van der Waals surface area (Å²) in [6.45, 7) is 4.04. The van der Waals surface area contributed by atoms with Crippen LogP contribution in [0.15, 0.2) is 48.8 Å². The average Bonchev–Trinajstić information content (AvgIpc) is 3.46. The van der Waals surface area contributed by atoms with Crippen LogP contribution >= 0.6 is 0 Å². The van der Waals surface area contributed by atoms with Gasteiger partial charge in [0.25, 0.3) is 5.91 Å². The number of aromatic nitrogens is 3. The second-order valence-electron chi connectivity index (χ2n) is 8.55. The molecule has 0 bridgehead atoms. The van der Waals surface area contributed by atoms with Crippen molar-refractivity contribution in [1.29, 1.82) is 0 Å². The van der Waals surface area contributed by atoms with Gasteiger partial charge in [0.05, 0.1) is 25.4 Å². The number of rotatable bonds is 4. The summed E-state index contributed by atoms with van der Waals surface area (Å²) in [5, 5.41) is 22.4. The van der Waals surface area contributed by atoms with Gasteiger partial charge in [-0.25, -0.2) is 4.79 Å². The number of nitrogens with one attached hydrogen (secondary N) is 2. The average molecular weight is 457 g/mol. The first kappa shape index (κ1) is 21.4. The molecule has 0 spiro atoms. The highest BCUT2D eigenvalue weighted by molar-refractivity contribution is 6.09. The number of hydrogen-bond donors (Lipinski definition) is 3. The Morgan fingerprint density at radius 1 is 1.18 bits per heavy atom. The van der Waals surface area contributed by atoms with Gasteiger partial charge in [-0.15, -0.1) is 0 Å². The Labute approximate surface area is 195 Å². The van der Waals surface area contributed by atoms with E-state index in [2.05, 4.69) is 41.4 Å². The number of hydrogen-bond acceptors (Lipinski definition) is 5. The molecule has 3 amide bonds. The minimum absolute atomic E-state index is 0.0495. The van der Waals surface area contributed by atoms with E-state index in [0.29, 0.717) is 16.7 Å². The Hall–Kier alpha value is -4.45. The second kappa shape index (κ2) is 7.85. The number of aromatic hydroxyl groups is 1. The number of amides is 3. The van der Waals surface area contributed by atoms with Crippen LogP contribution in [0.5, 0.6) is 11.6 Å². The fourth-order valence-electron chi connectivity index (χ4n) is 4.18. The standard InChI is InChI=1S/C25H23N5O4/c1-15(2)30-21-7-4-16(10-18(21)12-26-30)8-9-25(23(32)27-24(33)28-25)14-29-13-17-5-6-19(34-3)11-20(17)22(29)31/h4-7,10-13,15,31H,14H2,1-3H3,(H2,27,28,32,33)/t25-/m1/s1. The molecule has 1 aliphatic heterocycles. The monoisotopic (exact) mass is 457 g/mol. The normalized spacial score (nSPS) is 17.6. The van der Waals surface area contributed by atoms with Crippen molar-refractivity contribution in [2.75, 3.05) is 7.11 Å². The van der Waals surface area contributed by atoms with E-state index in [0.717, 1.165) is 16.3 Å². The lowest BCUT2D eigenvalue weighted by atomic mass is 9.99. The fraction of sp³-hybridized carbons (Fsp3) is 0.240. The molecule has 0 radical (unpaired) electrons. The summed E-state index contributed by atoms with van der Waals surface area (Å²) in [6.07, 6.45) is 3.48. The van der Waals surface area contributed by atoms with E-state index in [1.54, 1.807) is 31.6 Å². The van der Waals surface area contributed by atoms with E-state index in [1.165, 1.54) is 4.57 Å². The maximum Gasteiger partial charge on any atom is 0.323 e. The second-order valence-corrected chi connectivity index (χ2v) is 8.55. The predicted molar refractivity (Wildman–Crippen MR) is 127 cm³/mol. The molecule has 34 heavy (non-hydrogen) atoms. The Kier molecular flexibility index (Phi) is 4.94. The summed E-state index contributed by atoms with van der Waals surface area (Å²) in [6, 6.07) is 10.6. The predicted octanol–water partition coefficient (Wildman–Crippen LogP) is 2.92. The number of urea groups is 1. The minimum Gasteiger partial charge on any atom is -0.497 e. The van der Waals surface area contributed by atoms with Gasteiger partial charge in [-0.2, -0.15) is 5.10 Å². The lowest BCUT2D eigenvalue weighted by Gasteiger charge is -2.20. The smallest absolute Gasteiger partial charge is 0.323 e. The van der Waals surface area contributed by atoms with Gasteiger partial charge in [-0.05, 0) is 50.2 Å². The van der Waals surface area contributed by atoms with E-state index in [9.17, 15) is 14.7 Å². The van der Waals surface area contributed by atoms with Gasteiger partial charge in [-0.1, -0.05) is 11.8 Å². The molecule has 0 aliphatic carbocycles. The molecule has 0 unspecified atom stereocenters. The van der Waals surface area contributed by atoms with Crippen LogP contribution in [0.2, 0.25) is 0 Å². The number of carbonyl (C=O) groups excluding carboxylic acids is 2. The van der Waals surface area contributed by atoms with Crippen molar-refractivity contribution >= 4 is 33.6 Å². The van der Waals surface area contributed by atoms with Crippen LogP contribution in [0, 0.1) is 11.8 Å². The van der Waals surface area contributed by atoms with Crippen molar-refractivity contribution in [2.45, 2.75) is 32.0 Å². The van der Waals surface area contributed by atoms with Crippen LogP contribution in [-0.4, -0.2) is 44.0 Å². The maximum atomic E-state index is 12.8. The quantitative estimate of drug-likeness (QED) is 0.322.